The molecule has 1 aromatic carbocycles. The molecule has 0 spiro atoms. The number of hydrogen-bond donors (Lipinski definition) is 2. The maximum atomic E-state index is 13.1. The monoisotopic (exact) mass is 542 g/mol. The van der Waals surface area contributed by atoms with Crippen molar-refractivity contribution in [3.05, 3.63) is 95.2 Å². The Bertz CT molecular complexity index is 1680. The van der Waals surface area contributed by atoms with E-state index in [0.717, 1.165) is 57.9 Å². The lowest BCUT2D eigenvalue weighted by atomic mass is 9.94. The second-order valence-electron chi connectivity index (χ2n) is 9.17. The highest BCUT2D eigenvalue weighted by Crippen LogP contribution is 2.37. The topological polar surface area (TPSA) is 108 Å². The van der Waals surface area contributed by atoms with Crippen molar-refractivity contribution in [1.82, 2.24) is 19.9 Å². The molecular weight excluding hydrogens is 521 g/mol. The predicted octanol–water partition coefficient (Wildman–Crippen LogP) is 5.36. The Hall–Kier alpha value is -5.13. The van der Waals surface area contributed by atoms with Gasteiger partial charge >= 0.3 is 6.18 Å². The molecule has 0 atom stereocenters. The summed E-state index contributed by atoms with van der Waals surface area (Å²) in [4.78, 5) is 36.6. The highest BCUT2D eigenvalue weighted by molar-refractivity contribution is 6.36. The molecule has 12 heteroatoms. The van der Waals surface area contributed by atoms with Crippen LogP contribution in [0.25, 0.3) is 11.6 Å². The summed E-state index contributed by atoms with van der Waals surface area (Å²) < 4.78 is 39.3. The van der Waals surface area contributed by atoms with Gasteiger partial charge in [-0.3, -0.25) is 19.8 Å². The van der Waals surface area contributed by atoms with E-state index in [-0.39, 0.29) is 5.69 Å². The summed E-state index contributed by atoms with van der Waals surface area (Å²) in [6, 6.07) is 10.5. The Labute approximate surface area is 226 Å². The maximum Gasteiger partial charge on any atom is 0.416 e. The third-order valence-electron chi connectivity index (χ3n) is 6.46. The number of halogens is 3. The number of aromatic nitrogens is 4. The molecule has 200 valence electrons. The number of aryl methyl sites for hydroxylation is 1. The number of amidine groups is 1. The molecule has 0 fully saturated rings. The van der Waals surface area contributed by atoms with Gasteiger partial charge in [0, 0.05) is 42.0 Å². The van der Waals surface area contributed by atoms with E-state index in [2.05, 4.69) is 25.6 Å². The zero-order chi connectivity index (χ0) is 27.9. The summed E-state index contributed by atoms with van der Waals surface area (Å²) in [5, 5.41) is 5.82. The van der Waals surface area contributed by atoms with Crippen LogP contribution < -0.4 is 15.5 Å². The number of hydrogen-bond acceptors (Lipinski definition) is 8. The van der Waals surface area contributed by atoms with Gasteiger partial charge in [-0.25, -0.2) is 4.98 Å². The molecule has 0 bridgehead atoms. The van der Waals surface area contributed by atoms with Crippen LogP contribution in [0.1, 0.15) is 32.7 Å². The average Bonchev–Trinajstić information content (AvgIpc) is 3.45. The van der Waals surface area contributed by atoms with E-state index < -0.39 is 17.6 Å². The van der Waals surface area contributed by atoms with Crippen molar-refractivity contribution in [3.63, 3.8) is 0 Å². The van der Waals surface area contributed by atoms with Crippen LogP contribution in [0.15, 0.2) is 72.2 Å². The maximum absolute atomic E-state index is 13.1. The first-order valence-electron chi connectivity index (χ1n) is 12.3. The third kappa shape index (κ3) is 4.86. The predicted molar refractivity (Wildman–Crippen MR) is 145 cm³/mol. The minimum atomic E-state index is -4.58. The van der Waals surface area contributed by atoms with Crippen molar-refractivity contribution >= 4 is 46.5 Å². The number of alkyl halides is 3. The highest BCUT2D eigenvalue weighted by atomic mass is 19.4. The lowest BCUT2D eigenvalue weighted by molar-refractivity contribution is -0.137. The minimum Gasteiger partial charge on any atom is -0.323 e. The van der Waals surface area contributed by atoms with E-state index in [0.29, 0.717) is 24.7 Å². The molecule has 2 aliphatic heterocycles. The fraction of sp³-hybridized carbons (Fsp3) is 0.143. The fourth-order valence-electron chi connectivity index (χ4n) is 4.54. The zero-order valence-electron chi connectivity index (χ0n) is 21.1. The van der Waals surface area contributed by atoms with Crippen LogP contribution in [0.3, 0.4) is 0 Å². The van der Waals surface area contributed by atoms with E-state index in [4.69, 9.17) is 9.98 Å². The van der Waals surface area contributed by atoms with Crippen LogP contribution >= 0.6 is 0 Å². The van der Waals surface area contributed by atoms with E-state index in [1.807, 2.05) is 36.1 Å². The van der Waals surface area contributed by atoms with Crippen LogP contribution in [0.5, 0.6) is 0 Å². The smallest absolute Gasteiger partial charge is 0.323 e. The van der Waals surface area contributed by atoms with Gasteiger partial charge in [-0.15, -0.1) is 0 Å². The van der Waals surface area contributed by atoms with Crippen molar-refractivity contribution in [1.29, 1.82) is 0 Å². The fourth-order valence-corrected chi connectivity index (χ4v) is 4.54. The number of aliphatic imine (C=N–C) groups is 1. The van der Waals surface area contributed by atoms with Gasteiger partial charge in [0.1, 0.15) is 17.3 Å². The Morgan fingerprint density at radius 3 is 2.70 bits per heavy atom. The molecule has 3 aromatic heterocycles. The Morgan fingerprint density at radius 1 is 1.02 bits per heavy atom. The zero-order valence-corrected chi connectivity index (χ0v) is 21.1. The van der Waals surface area contributed by atoms with Gasteiger partial charge in [0.05, 0.1) is 24.0 Å². The summed E-state index contributed by atoms with van der Waals surface area (Å²) in [5.74, 6) is 1.15. The number of nitrogens with one attached hydrogen (secondary N) is 2. The van der Waals surface area contributed by atoms with Crippen molar-refractivity contribution in [2.75, 3.05) is 28.6 Å². The summed E-state index contributed by atoms with van der Waals surface area (Å²) >= 11 is 0. The molecular formula is C28H21F3N8O. The van der Waals surface area contributed by atoms with Crippen molar-refractivity contribution < 1.29 is 18.0 Å². The number of rotatable bonds is 5. The van der Waals surface area contributed by atoms with Gasteiger partial charge in [0.25, 0.3) is 5.91 Å². The molecule has 1 amide bonds. The van der Waals surface area contributed by atoms with E-state index >= 15 is 0 Å². The van der Waals surface area contributed by atoms with Crippen molar-refractivity contribution in [3.8, 4) is 0 Å². The molecule has 0 unspecified atom stereocenters. The Kier molecular flexibility index (Phi) is 6.21. The van der Waals surface area contributed by atoms with E-state index in [9.17, 15) is 18.0 Å². The molecule has 9 nitrogen and oxygen atoms in total. The summed E-state index contributed by atoms with van der Waals surface area (Å²) in [6.45, 7) is 3.15. The highest BCUT2D eigenvalue weighted by Gasteiger charge is 2.32. The van der Waals surface area contributed by atoms with Crippen LogP contribution in [0, 0.1) is 6.92 Å². The number of pyridine rings is 2. The average molecular weight is 543 g/mol. The molecule has 2 aliphatic rings. The SMILES string of the molecule is Cc1ccc(NC(=O)c2cc(C(F)(F)F)ccn2)cc1C1=Cc2cnc(Nc3cccnc3)nc2N2CCN=C12. The van der Waals surface area contributed by atoms with Gasteiger partial charge in [-0.1, -0.05) is 6.07 Å². The standard InChI is InChI=1S/C28H21F3N8O/c1-16-4-5-19(36-26(40)23-12-18(6-8-33-23)28(29,30)31)13-21(16)22-11-17-14-35-27(37-20-3-2-7-32-15-20)38-24(17)39-10-9-34-25(22)39/h2-8,11-15H,9-10H2,1H3,(H,36,40)(H,35,37,38). The van der Waals surface area contributed by atoms with Gasteiger partial charge in [0.15, 0.2) is 0 Å². The van der Waals surface area contributed by atoms with E-state index in [1.165, 1.54) is 0 Å². The molecule has 4 aromatic rings. The summed E-state index contributed by atoms with van der Waals surface area (Å²) in [7, 11) is 0. The first-order chi connectivity index (χ1) is 19.3. The second kappa shape index (κ2) is 9.88. The number of carbonyl (C=O) groups excluding carboxylic acids is 1. The summed E-state index contributed by atoms with van der Waals surface area (Å²) in [6.07, 6.45) is 3.44. The van der Waals surface area contributed by atoms with Gasteiger partial charge in [0.2, 0.25) is 5.95 Å². The van der Waals surface area contributed by atoms with Crippen LogP contribution in [-0.4, -0.2) is 44.8 Å². The number of fused-ring (bicyclic) bond motifs is 3. The molecule has 0 radical (unpaired) electrons. The Morgan fingerprint density at radius 2 is 1.90 bits per heavy atom. The Balaban J connectivity index is 1.31. The van der Waals surface area contributed by atoms with Crippen molar-refractivity contribution in [2.24, 2.45) is 4.99 Å². The normalized spacial score (nSPS) is 14.2. The molecule has 2 N–H and O–H groups in total. The minimum absolute atomic E-state index is 0.332. The number of anilines is 4. The van der Waals surface area contributed by atoms with Gasteiger partial charge < -0.3 is 15.5 Å². The quantitative estimate of drug-likeness (QED) is 0.349. The lowest BCUT2D eigenvalue weighted by Crippen LogP contribution is -2.32. The largest absolute Gasteiger partial charge is 0.416 e. The van der Waals surface area contributed by atoms with Crippen LogP contribution in [-0.2, 0) is 6.18 Å². The van der Waals surface area contributed by atoms with Crippen molar-refractivity contribution in [2.45, 2.75) is 13.1 Å². The van der Waals surface area contributed by atoms with Gasteiger partial charge in [-0.05, 0) is 60.5 Å². The molecule has 0 saturated carbocycles. The second-order valence-corrected chi connectivity index (χ2v) is 9.17. The van der Waals surface area contributed by atoms with E-state index in [1.54, 1.807) is 30.7 Å². The number of carbonyl (C=O) groups is 1. The molecule has 6 rings (SSSR count). The first-order valence-corrected chi connectivity index (χ1v) is 12.3. The lowest BCUT2D eigenvalue weighted by Gasteiger charge is -2.28. The third-order valence-corrected chi connectivity index (χ3v) is 6.46. The first kappa shape index (κ1) is 25.2. The molecule has 0 saturated heterocycles. The molecule has 40 heavy (non-hydrogen) atoms. The summed E-state index contributed by atoms with van der Waals surface area (Å²) in [5.41, 5.74) is 3.26. The number of benzene rings is 1. The molecule has 0 aliphatic carbocycles. The molecule has 5 heterocycles. The van der Waals surface area contributed by atoms with Crippen LogP contribution in [0.4, 0.5) is 36.3 Å². The number of amides is 1. The number of nitrogens with zero attached hydrogens (tertiary/aromatic N) is 6. The van der Waals surface area contributed by atoms with Crippen LogP contribution in [0.2, 0.25) is 0 Å². The van der Waals surface area contributed by atoms with Gasteiger partial charge in [-0.2, -0.15) is 18.2 Å².